The predicted molar refractivity (Wildman–Crippen MR) is 88.3 cm³/mol. The van der Waals surface area contributed by atoms with E-state index in [9.17, 15) is 10.2 Å². The van der Waals surface area contributed by atoms with Gasteiger partial charge in [-0.25, -0.2) is 0 Å². The fraction of sp³-hybridized carbons (Fsp3) is 0.100. The van der Waals surface area contributed by atoms with E-state index < -0.39 is 0 Å². The standard InChI is InChI=1S/C20H18O2/c21-19-11-12-20(22)18(14-16-9-5-2-6-10-16)17(19)13-15-7-3-1-4-8-15/h1-12,21-22H,13-14H2. The van der Waals surface area contributed by atoms with Crippen LogP contribution in [0.15, 0.2) is 72.8 Å². The van der Waals surface area contributed by atoms with Crippen molar-refractivity contribution in [1.82, 2.24) is 0 Å². The maximum absolute atomic E-state index is 10.2. The summed E-state index contributed by atoms with van der Waals surface area (Å²) in [7, 11) is 0. The summed E-state index contributed by atoms with van der Waals surface area (Å²) in [6.07, 6.45) is 1.20. The lowest BCUT2D eigenvalue weighted by atomic mass is 9.93. The van der Waals surface area contributed by atoms with E-state index in [1.807, 2.05) is 60.7 Å². The van der Waals surface area contributed by atoms with Gasteiger partial charge >= 0.3 is 0 Å². The van der Waals surface area contributed by atoms with Crippen molar-refractivity contribution in [3.8, 4) is 11.5 Å². The van der Waals surface area contributed by atoms with Gasteiger partial charge in [-0.05, 0) is 23.3 Å². The molecule has 0 atom stereocenters. The van der Waals surface area contributed by atoms with Gasteiger partial charge in [-0.3, -0.25) is 0 Å². The van der Waals surface area contributed by atoms with Crippen LogP contribution in [0.1, 0.15) is 22.3 Å². The second-order valence-electron chi connectivity index (χ2n) is 5.39. The Kier molecular flexibility index (Phi) is 4.10. The van der Waals surface area contributed by atoms with Gasteiger partial charge in [0.2, 0.25) is 0 Å². The van der Waals surface area contributed by atoms with E-state index in [0.717, 1.165) is 22.3 Å². The minimum absolute atomic E-state index is 0.229. The van der Waals surface area contributed by atoms with Gasteiger partial charge < -0.3 is 10.2 Å². The van der Waals surface area contributed by atoms with Gasteiger partial charge in [-0.2, -0.15) is 0 Å². The van der Waals surface area contributed by atoms with Crippen molar-refractivity contribution in [2.75, 3.05) is 0 Å². The smallest absolute Gasteiger partial charge is 0.119 e. The lowest BCUT2D eigenvalue weighted by Gasteiger charge is -2.14. The van der Waals surface area contributed by atoms with E-state index in [1.54, 1.807) is 12.1 Å². The molecule has 0 aliphatic heterocycles. The van der Waals surface area contributed by atoms with Crippen molar-refractivity contribution < 1.29 is 10.2 Å². The average molecular weight is 290 g/mol. The van der Waals surface area contributed by atoms with Gasteiger partial charge in [-0.1, -0.05) is 60.7 Å². The highest BCUT2D eigenvalue weighted by Crippen LogP contribution is 2.32. The summed E-state index contributed by atoms with van der Waals surface area (Å²) in [4.78, 5) is 0. The number of hydrogen-bond donors (Lipinski definition) is 2. The van der Waals surface area contributed by atoms with Crippen LogP contribution >= 0.6 is 0 Å². The van der Waals surface area contributed by atoms with Crippen molar-refractivity contribution in [1.29, 1.82) is 0 Å². The molecule has 0 aliphatic carbocycles. The Morgan fingerprint density at radius 2 is 0.864 bits per heavy atom. The lowest BCUT2D eigenvalue weighted by Crippen LogP contribution is -1.98. The highest BCUT2D eigenvalue weighted by Gasteiger charge is 2.14. The number of aromatic hydroxyl groups is 2. The average Bonchev–Trinajstić information content (AvgIpc) is 2.56. The molecule has 2 N–H and O–H groups in total. The molecule has 0 spiro atoms. The number of rotatable bonds is 4. The molecular weight excluding hydrogens is 272 g/mol. The molecule has 0 heterocycles. The van der Waals surface area contributed by atoms with E-state index in [0.29, 0.717) is 12.8 Å². The Labute approximate surface area is 130 Å². The van der Waals surface area contributed by atoms with Crippen LogP contribution in [0.5, 0.6) is 11.5 Å². The fourth-order valence-corrected chi connectivity index (χ4v) is 2.66. The zero-order chi connectivity index (χ0) is 15.4. The summed E-state index contributed by atoms with van der Waals surface area (Å²) >= 11 is 0. The largest absolute Gasteiger partial charge is 0.508 e. The van der Waals surface area contributed by atoms with Crippen molar-refractivity contribution in [2.45, 2.75) is 12.8 Å². The molecule has 0 unspecified atom stereocenters. The molecule has 22 heavy (non-hydrogen) atoms. The van der Waals surface area contributed by atoms with Gasteiger partial charge in [0.25, 0.3) is 0 Å². The van der Waals surface area contributed by atoms with E-state index in [2.05, 4.69) is 0 Å². The normalized spacial score (nSPS) is 10.5. The Hall–Kier alpha value is -2.74. The molecule has 0 saturated heterocycles. The number of hydrogen-bond acceptors (Lipinski definition) is 2. The Morgan fingerprint density at radius 3 is 1.23 bits per heavy atom. The maximum Gasteiger partial charge on any atom is 0.119 e. The van der Waals surface area contributed by atoms with Crippen LogP contribution in [0.3, 0.4) is 0 Å². The SMILES string of the molecule is Oc1ccc(O)c(Cc2ccccc2)c1Cc1ccccc1. The summed E-state index contributed by atoms with van der Waals surface area (Å²) in [6, 6.07) is 23.1. The number of benzene rings is 3. The Balaban J connectivity index is 1.99. The Bertz CT molecular complexity index is 683. The molecule has 2 nitrogen and oxygen atoms in total. The van der Waals surface area contributed by atoms with Crippen molar-refractivity contribution in [3.63, 3.8) is 0 Å². The highest BCUT2D eigenvalue weighted by molar-refractivity contribution is 5.51. The van der Waals surface area contributed by atoms with Crippen LogP contribution in [0, 0.1) is 0 Å². The lowest BCUT2D eigenvalue weighted by molar-refractivity contribution is 0.450. The molecule has 3 aromatic rings. The third-order valence-corrected chi connectivity index (χ3v) is 3.83. The first-order valence-corrected chi connectivity index (χ1v) is 7.34. The molecule has 0 saturated carbocycles. The quantitative estimate of drug-likeness (QED) is 0.704. The van der Waals surface area contributed by atoms with Crippen molar-refractivity contribution >= 4 is 0 Å². The zero-order valence-electron chi connectivity index (χ0n) is 12.2. The topological polar surface area (TPSA) is 40.5 Å². The highest BCUT2D eigenvalue weighted by atomic mass is 16.3. The first-order valence-electron chi connectivity index (χ1n) is 7.34. The van der Waals surface area contributed by atoms with Gasteiger partial charge in [-0.15, -0.1) is 0 Å². The van der Waals surface area contributed by atoms with Crippen LogP contribution in [0.4, 0.5) is 0 Å². The molecule has 3 aromatic carbocycles. The van der Waals surface area contributed by atoms with Gasteiger partial charge in [0.1, 0.15) is 11.5 Å². The van der Waals surface area contributed by atoms with Crippen LogP contribution in [0.25, 0.3) is 0 Å². The third kappa shape index (κ3) is 3.12. The molecule has 0 aliphatic rings. The van der Waals surface area contributed by atoms with Crippen molar-refractivity contribution in [2.24, 2.45) is 0 Å². The van der Waals surface area contributed by atoms with E-state index in [-0.39, 0.29) is 11.5 Å². The molecule has 0 aromatic heterocycles. The van der Waals surface area contributed by atoms with E-state index in [4.69, 9.17) is 0 Å². The minimum Gasteiger partial charge on any atom is -0.508 e. The van der Waals surface area contributed by atoms with Crippen LogP contribution < -0.4 is 0 Å². The van der Waals surface area contributed by atoms with E-state index >= 15 is 0 Å². The van der Waals surface area contributed by atoms with Crippen molar-refractivity contribution in [3.05, 3.63) is 95.1 Å². The summed E-state index contributed by atoms with van der Waals surface area (Å²) < 4.78 is 0. The summed E-state index contributed by atoms with van der Waals surface area (Å²) in [5, 5.41) is 20.5. The zero-order valence-corrected chi connectivity index (χ0v) is 12.2. The maximum atomic E-state index is 10.2. The van der Waals surface area contributed by atoms with Gasteiger partial charge in [0.15, 0.2) is 0 Å². The summed E-state index contributed by atoms with van der Waals surface area (Å²) in [5.41, 5.74) is 3.79. The molecule has 3 rings (SSSR count). The monoisotopic (exact) mass is 290 g/mol. The van der Waals surface area contributed by atoms with Gasteiger partial charge in [0.05, 0.1) is 0 Å². The fourth-order valence-electron chi connectivity index (χ4n) is 2.66. The molecule has 110 valence electrons. The molecule has 0 radical (unpaired) electrons. The molecule has 0 bridgehead atoms. The minimum atomic E-state index is 0.229. The first-order chi connectivity index (χ1) is 10.7. The Morgan fingerprint density at radius 1 is 0.500 bits per heavy atom. The number of phenolic OH excluding ortho intramolecular Hbond substituents is 2. The first kappa shape index (κ1) is 14.2. The van der Waals surface area contributed by atoms with Crippen LogP contribution in [0.2, 0.25) is 0 Å². The molecular formula is C20H18O2. The molecule has 2 heteroatoms. The van der Waals surface area contributed by atoms with E-state index in [1.165, 1.54) is 0 Å². The second-order valence-corrected chi connectivity index (χ2v) is 5.39. The summed E-state index contributed by atoms with van der Waals surface area (Å²) in [5.74, 6) is 0.458. The molecule has 0 fully saturated rings. The predicted octanol–water partition coefficient (Wildman–Crippen LogP) is 4.28. The number of phenols is 2. The van der Waals surface area contributed by atoms with Gasteiger partial charge in [0, 0.05) is 24.0 Å². The molecule has 0 amide bonds. The van der Waals surface area contributed by atoms with Crippen LogP contribution in [-0.4, -0.2) is 10.2 Å². The third-order valence-electron chi connectivity index (χ3n) is 3.83. The summed E-state index contributed by atoms with van der Waals surface area (Å²) in [6.45, 7) is 0. The second kappa shape index (κ2) is 6.35. The van der Waals surface area contributed by atoms with Crippen LogP contribution in [-0.2, 0) is 12.8 Å².